The molecule has 9 nitrogen and oxygen atoms in total. The van der Waals surface area contributed by atoms with Crippen LogP contribution in [0.4, 0.5) is 5.69 Å². The second-order valence-electron chi connectivity index (χ2n) is 10.8. The minimum atomic E-state index is -0.343. The first-order chi connectivity index (χ1) is 19.0. The minimum absolute atomic E-state index is 0.0692. The number of H-pyrrole nitrogens is 1. The number of aromatic amines is 1. The predicted molar refractivity (Wildman–Crippen MR) is 150 cm³/mol. The second kappa shape index (κ2) is 10.9. The number of nitrogens with one attached hydrogen (secondary N) is 2. The van der Waals surface area contributed by atoms with Crippen molar-refractivity contribution in [2.24, 2.45) is 5.92 Å². The van der Waals surface area contributed by atoms with E-state index in [9.17, 15) is 9.59 Å². The van der Waals surface area contributed by atoms with Gasteiger partial charge in [-0.3, -0.25) is 24.6 Å². The highest BCUT2D eigenvalue weighted by molar-refractivity contribution is 6.11. The van der Waals surface area contributed by atoms with Gasteiger partial charge in [0.1, 0.15) is 5.69 Å². The van der Waals surface area contributed by atoms with Crippen LogP contribution in [-0.2, 0) is 6.54 Å². The number of fused-ring (bicyclic) bond motifs is 1. The lowest BCUT2D eigenvalue weighted by molar-refractivity contribution is 0.0787. The first-order valence-electron chi connectivity index (χ1n) is 13.7. The van der Waals surface area contributed by atoms with E-state index in [0.717, 1.165) is 73.5 Å². The van der Waals surface area contributed by atoms with Gasteiger partial charge in [-0.15, -0.1) is 0 Å². The Bertz CT molecular complexity index is 1480. The molecule has 39 heavy (non-hydrogen) atoms. The molecule has 2 aliphatic rings. The Morgan fingerprint density at radius 3 is 2.56 bits per heavy atom. The first kappa shape index (κ1) is 25.2. The van der Waals surface area contributed by atoms with Gasteiger partial charge < -0.3 is 10.2 Å². The van der Waals surface area contributed by atoms with Crippen LogP contribution >= 0.6 is 0 Å². The third-order valence-corrected chi connectivity index (χ3v) is 7.82. The molecule has 2 fully saturated rings. The third-order valence-electron chi connectivity index (χ3n) is 7.82. The standard InChI is InChI=1S/C30H33N7O2/c1-20-8-12-36(13-9-20)19-21-14-23(17-31-16-21)22-4-6-26-25(15-22)28(35-34-26)29(38)33-24-5-7-27(32-18-24)30(39)37-10-2-3-11-37/h4-7,14-18,20H,2-3,8-13,19H2,1H3,(H,33,38)(H,34,35). The van der Waals surface area contributed by atoms with Crippen LogP contribution < -0.4 is 5.32 Å². The number of pyridine rings is 2. The second-order valence-corrected chi connectivity index (χ2v) is 10.8. The van der Waals surface area contributed by atoms with Gasteiger partial charge in [-0.2, -0.15) is 5.10 Å². The Morgan fingerprint density at radius 2 is 1.79 bits per heavy atom. The summed E-state index contributed by atoms with van der Waals surface area (Å²) in [7, 11) is 0. The van der Waals surface area contributed by atoms with E-state index in [1.165, 1.54) is 24.6 Å². The molecule has 5 heterocycles. The number of hydrogen-bond acceptors (Lipinski definition) is 6. The molecule has 0 unspecified atom stereocenters. The number of hydrogen-bond donors (Lipinski definition) is 2. The van der Waals surface area contributed by atoms with Crippen molar-refractivity contribution in [3.63, 3.8) is 0 Å². The largest absolute Gasteiger partial charge is 0.337 e. The van der Waals surface area contributed by atoms with E-state index in [1.54, 1.807) is 12.1 Å². The zero-order valence-electron chi connectivity index (χ0n) is 22.2. The lowest BCUT2D eigenvalue weighted by Crippen LogP contribution is -2.32. The van der Waals surface area contributed by atoms with E-state index in [2.05, 4.69) is 43.4 Å². The van der Waals surface area contributed by atoms with E-state index in [1.807, 2.05) is 35.5 Å². The van der Waals surface area contributed by atoms with E-state index < -0.39 is 0 Å². The molecule has 9 heteroatoms. The maximum atomic E-state index is 13.1. The van der Waals surface area contributed by atoms with Crippen molar-refractivity contribution in [3.8, 4) is 11.1 Å². The summed E-state index contributed by atoms with van der Waals surface area (Å²) in [5.74, 6) is 0.392. The molecule has 200 valence electrons. The summed E-state index contributed by atoms with van der Waals surface area (Å²) in [4.78, 5) is 38.8. The molecule has 2 aliphatic heterocycles. The molecule has 2 N–H and O–H groups in total. The van der Waals surface area contributed by atoms with Crippen molar-refractivity contribution in [1.82, 2.24) is 30.0 Å². The quantitative estimate of drug-likeness (QED) is 0.378. The average Bonchev–Trinajstić information content (AvgIpc) is 3.65. The summed E-state index contributed by atoms with van der Waals surface area (Å²) in [5, 5.41) is 10.8. The van der Waals surface area contributed by atoms with Crippen LogP contribution in [0.5, 0.6) is 0 Å². The number of likely N-dealkylation sites (tertiary alicyclic amines) is 2. The maximum absolute atomic E-state index is 13.1. The number of nitrogens with zero attached hydrogens (tertiary/aromatic N) is 5. The number of amides is 2. The normalized spacial score (nSPS) is 16.6. The van der Waals surface area contributed by atoms with Gasteiger partial charge in [0, 0.05) is 43.0 Å². The van der Waals surface area contributed by atoms with Crippen molar-refractivity contribution in [2.45, 2.75) is 39.2 Å². The van der Waals surface area contributed by atoms with Crippen LogP contribution in [0.15, 0.2) is 55.0 Å². The molecule has 0 bridgehead atoms. The maximum Gasteiger partial charge on any atom is 0.276 e. The number of carbonyl (C=O) groups is 2. The van der Waals surface area contributed by atoms with Gasteiger partial charge in [0.05, 0.1) is 17.4 Å². The first-order valence-corrected chi connectivity index (χ1v) is 13.7. The number of anilines is 1. The van der Waals surface area contributed by atoms with E-state index >= 15 is 0 Å². The van der Waals surface area contributed by atoms with Crippen LogP contribution in [0.1, 0.15) is 59.1 Å². The van der Waals surface area contributed by atoms with Gasteiger partial charge in [-0.1, -0.05) is 13.0 Å². The molecule has 4 aromatic rings. The van der Waals surface area contributed by atoms with E-state index in [0.29, 0.717) is 17.1 Å². The molecule has 3 aromatic heterocycles. The average molecular weight is 524 g/mol. The molecule has 0 saturated carbocycles. The fourth-order valence-corrected chi connectivity index (χ4v) is 5.44. The summed E-state index contributed by atoms with van der Waals surface area (Å²) in [6.07, 6.45) is 9.85. The highest BCUT2D eigenvalue weighted by Gasteiger charge is 2.21. The van der Waals surface area contributed by atoms with E-state index in [-0.39, 0.29) is 11.8 Å². The lowest BCUT2D eigenvalue weighted by Gasteiger charge is -2.30. The van der Waals surface area contributed by atoms with Crippen molar-refractivity contribution in [3.05, 3.63) is 71.9 Å². The van der Waals surface area contributed by atoms with Crippen LogP contribution in [0.2, 0.25) is 0 Å². The number of benzene rings is 1. The highest BCUT2D eigenvalue weighted by atomic mass is 16.2. The molecular weight excluding hydrogens is 490 g/mol. The summed E-state index contributed by atoms with van der Waals surface area (Å²) >= 11 is 0. The molecule has 2 amide bonds. The number of carbonyl (C=O) groups excluding carboxylic acids is 2. The third kappa shape index (κ3) is 5.54. The lowest BCUT2D eigenvalue weighted by atomic mass is 9.98. The Balaban J connectivity index is 1.17. The highest BCUT2D eigenvalue weighted by Crippen LogP contribution is 2.27. The van der Waals surface area contributed by atoms with Crippen molar-refractivity contribution in [1.29, 1.82) is 0 Å². The summed E-state index contributed by atoms with van der Waals surface area (Å²) < 4.78 is 0. The molecule has 6 rings (SSSR count). The van der Waals surface area contributed by atoms with Gasteiger partial charge in [-0.05, 0) is 86.1 Å². The fraction of sp³-hybridized carbons (Fsp3) is 0.367. The van der Waals surface area contributed by atoms with Crippen molar-refractivity contribution < 1.29 is 9.59 Å². The molecule has 0 atom stereocenters. The van der Waals surface area contributed by atoms with Gasteiger partial charge in [0.25, 0.3) is 11.8 Å². The van der Waals surface area contributed by atoms with Gasteiger partial charge in [0.2, 0.25) is 0 Å². The number of piperidine rings is 1. The smallest absolute Gasteiger partial charge is 0.276 e. The Morgan fingerprint density at radius 1 is 0.974 bits per heavy atom. The van der Waals surface area contributed by atoms with Crippen LogP contribution in [0, 0.1) is 5.92 Å². The minimum Gasteiger partial charge on any atom is -0.337 e. The number of rotatable bonds is 6. The van der Waals surface area contributed by atoms with Crippen LogP contribution in [0.25, 0.3) is 22.0 Å². The predicted octanol–water partition coefficient (Wildman–Crippen LogP) is 4.74. The molecule has 0 spiro atoms. The van der Waals surface area contributed by atoms with Crippen LogP contribution in [-0.4, -0.2) is 68.0 Å². The van der Waals surface area contributed by atoms with Crippen molar-refractivity contribution in [2.75, 3.05) is 31.5 Å². The SMILES string of the molecule is CC1CCN(Cc2cncc(-c3ccc4[nH]nc(C(=O)Nc5ccc(C(=O)N6CCCC6)nc5)c4c3)c2)CC1. The molecule has 0 aliphatic carbocycles. The molecule has 0 radical (unpaired) electrons. The zero-order chi connectivity index (χ0) is 26.8. The summed E-state index contributed by atoms with van der Waals surface area (Å²) in [6.45, 7) is 7.00. The van der Waals surface area contributed by atoms with Crippen molar-refractivity contribution >= 4 is 28.4 Å². The molecule has 2 saturated heterocycles. The van der Waals surface area contributed by atoms with Gasteiger partial charge in [-0.25, -0.2) is 4.98 Å². The van der Waals surface area contributed by atoms with Gasteiger partial charge >= 0.3 is 0 Å². The number of aromatic nitrogens is 4. The Kier molecular flexibility index (Phi) is 7.06. The van der Waals surface area contributed by atoms with E-state index in [4.69, 9.17) is 0 Å². The summed E-state index contributed by atoms with van der Waals surface area (Å²) in [5.41, 5.74) is 5.15. The topological polar surface area (TPSA) is 107 Å². The Hall–Kier alpha value is -4.11. The van der Waals surface area contributed by atoms with Gasteiger partial charge in [0.15, 0.2) is 5.69 Å². The monoisotopic (exact) mass is 523 g/mol. The Labute approximate surface area is 227 Å². The molecular formula is C30H33N7O2. The zero-order valence-corrected chi connectivity index (χ0v) is 22.2. The van der Waals surface area contributed by atoms with Crippen LogP contribution in [0.3, 0.4) is 0 Å². The fourth-order valence-electron chi connectivity index (χ4n) is 5.44. The summed E-state index contributed by atoms with van der Waals surface area (Å²) in [6, 6.07) is 11.5. The molecule has 1 aromatic carbocycles.